The molecule has 8 heteroatoms. The van der Waals surface area contributed by atoms with Crippen molar-refractivity contribution in [1.82, 2.24) is 24.9 Å². The maximum atomic E-state index is 11.6. The number of H-pyrrole nitrogens is 1. The first-order valence-electron chi connectivity index (χ1n) is 15.7. The van der Waals surface area contributed by atoms with Crippen molar-refractivity contribution < 1.29 is 10.2 Å². The fourth-order valence-corrected chi connectivity index (χ4v) is 5.86. The first-order valence-corrected chi connectivity index (χ1v) is 15.7. The molecule has 0 saturated heterocycles. The molecule has 0 saturated carbocycles. The van der Waals surface area contributed by atoms with Gasteiger partial charge in [-0.05, 0) is 89.7 Å². The zero-order valence-corrected chi connectivity index (χ0v) is 27.1. The molecule has 236 valence electrons. The smallest absolute Gasteiger partial charge is 0.162 e. The Bertz CT molecular complexity index is 2230. The number of aryl methyl sites for hydroxylation is 1. The van der Waals surface area contributed by atoms with Gasteiger partial charge in [0.25, 0.3) is 0 Å². The molecule has 48 heavy (non-hydrogen) atoms. The van der Waals surface area contributed by atoms with Gasteiger partial charge in [0.15, 0.2) is 11.6 Å². The number of aromatic nitrogens is 5. The minimum absolute atomic E-state index is 0.0762. The Balaban J connectivity index is 1.36. The third-order valence-electron chi connectivity index (χ3n) is 8.32. The number of nitrogens with zero attached hydrogens (tertiary/aromatic N) is 5. The standard InChI is InChI=1S/C40H34N6O2/c1-24-20-27(36(47)29(21-24)38-41-16-8-17-42-38)31-12-14-33(45-31)35(25-10-6-5-7-11-25)34-15-13-32(46-34)28-22-26(40(2,3)4)23-30(37(28)48)39-43-18-9-19-44-39/h5-23,46-48H,1-4H3/b35-33-. The Morgan fingerprint density at radius 2 is 1.23 bits per heavy atom. The Labute approximate surface area is 279 Å². The largest absolute Gasteiger partial charge is 0.506 e. The molecule has 1 aliphatic heterocycles. The number of aliphatic imine (C=N–C) groups is 1. The molecule has 3 N–H and O–H groups in total. The normalized spacial score (nSPS) is 13.9. The molecule has 0 aliphatic carbocycles. The van der Waals surface area contributed by atoms with Crippen LogP contribution in [0.15, 0.2) is 126 Å². The van der Waals surface area contributed by atoms with Gasteiger partial charge in [-0.25, -0.2) is 24.9 Å². The fourth-order valence-electron chi connectivity index (χ4n) is 5.86. The highest BCUT2D eigenvalue weighted by Crippen LogP contribution is 2.42. The van der Waals surface area contributed by atoms with Crippen molar-refractivity contribution in [2.24, 2.45) is 4.99 Å². The summed E-state index contributed by atoms with van der Waals surface area (Å²) in [4.78, 5) is 26.2. The van der Waals surface area contributed by atoms with E-state index >= 15 is 0 Å². The van der Waals surface area contributed by atoms with Crippen LogP contribution in [0.3, 0.4) is 0 Å². The second-order valence-electron chi connectivity index (χ2n) is 12.8. The molecule has 0 atom stereocenters. The summed E-state index contributed by atoms with van der Waals surface area (Å²) in [6.07, 6.45) is 10.5. The van der Waals surface area contributed by atoms with Crippen LogP contribution in [0.1, 0.15) is 48.7 Å². The van der Waals surface area contributed by atoms with Gasteiger partial charge in [0, 0.05) is 52.9 Å². The lowest BCUT2D eigenvalue weighted by molar-refractivity contribution is 0.475. The number of phenols is 2. The summed E-state index contributed by atoms with van der Waals surface area (Å²) >= 11 is 0. The molecule has 0 spiro atoms. The van der Waals surface area contributed by atoms with Crippen molar-refractivity contribution >= 4 is 11.3 Å². The van der Waals surface area contributed by atoms with Gasteiger partial charge in [-0.3, -0.25) is 0 Å². The number of nitrogens with one attached hydrogen (secondary N) is 1. The molecule has 4 heterocycles. The van der Waals surface area contributed by atoms with E-state index in [0.29, 0.717) is 39.6 Å². The van der Waals surface area contributed by atoms with Crippen LogP contribution in [-0.4, -0.2) is 40.8 Å². The average molecular weight is 631 g/mol. The predicted molar refractivity (Wildman–Crippen MR) is 190 cm³/mol. The van der Waals surface area contributed by atoms with E-state index in [0.717, 1.165) is 39.3 Å². The number of benzene rings is 3. The van der Waals surface area contributed by atoms with Crippen molar-refractivity contribution in [1.29, 1.82) is 0 Å². The molecule has 7 rings (SSSR count). The Kier molecular flexibility index (Phi) is 7.77. The van der Waals surface area contributed by atoms with Gasteiger partial charge in [-0.15, -0.1) is 0 Å². The fraction of sp³-hybridized carbons (Fsp3) is 0.125. The lowest BCUT2D eigenvalue weighted by Gasteiger charge is -2.22. The summed E-state index contributed by atoms with van der Waals surface area (Å²) in [5.74, 6) is 1.08. The summed E-state index contributed by atoms with van der Waals surface area (Å²) in [7, 11) is 0. The van der Waals surface area contributed by atoms with Crippen molar-refractivity contribution in [3.05, 3.63) is 149 Å². The molecule has 8 nitrogen and oxygen atoms in total. The quantitative estimate of drug-likeness (QED) is 0.170. The van der Waals surface area contributed by atoms with Gasteiger partial charge in [0.2, 0.25) is 0 Å². The van der Waals surface area contributed by atoms with Gasteiger partial charge in [0.05, 0.1) is 22.5 Å². The highest BCUT2D eigenvalue weighted by molar-refractivity contribution is 6.14. The molecular weight excluding hydrogens is 596 g/mol. The van der Waals surface area contributed by atoms with Gasteiger partial charge >= 0.3 is 0 Å². The first kappa shape index (κ1) is 30.5. The SMILES string of the molecule is Cc1cc(C2=N/C(=C(/c3ccccc3)c3ccc(-c4cc(C(C)(C)C)cc(-c5ncccn5)c4O)[nH]3)C=C2)c(O)c(-c2ncccn2)c1. The van der Waals surface area contributed by atoms with Crippen molar-refractivity contribution in [3.8, 4) is 45.5 Å². The molecule has 0 unspecified atom stereocenters. The topological polar surface area (TPSA) is 120 Å². The van der Waals surface area contributed by atoms with E-state index in [4.69, 9.17) is 4.99 Å². The maximum Gasteiger partial charge on any atom is 0.162 e. The Hall–Kier alpha value is -6.15. The monoisotopic (exact) mass is 630 g/mol. The van der Waals surface area contributed by atoms with Crippen LogP contribution in [0.5, 0.6) is 11.5 Å². The lowest BCUT2D eigenvalue weighted by atomic mass is 9.84. The summed E-state index contributed by atoms with van der Waals surface area (Å²) in [5.41, 5.74) is 8.96. The van der Waals surface area contributed by atoms with E-state index in [9.17, 15) is 10.2 Å². The van der Waals surface area contributed by atoms with Crippen LogP contribution >= 0.6 is 0 Å². The van der Waals surface area contributed by atoms with Crippen LogP contribution < -0.4 is 0 Å². The van der Waals surface area contributed by atoms with E-state index < -0.39 is 0 Å². The highest BCUT2D eigenvalue weighted by Gasteiger charge is 2.24. The van der Waals surface area contributed by atoms with E-state index in [-0.39, 0.29) is 16.9 Å². The van der Waals surface area contributed by atoms with E-state index in [1.165, 1.54) is 0 Å². The lowest BCUT2D eigenvalue weighted by Crippen LogP contribution is -2.11. The third kappa shape index (κ3) is 5.80. The zero-order chi connectivity index (χ0) is 33.4. The number of hydrogen-bond acceptors (Lipinski definition) is 7. The summed E-state index contributed by atoms with van der Waals surface area (Å²) in [5, 5.41) is 23.0. The molecule has 3 aromatic carbocycles. The number of hydrogen-bond donors (Lipinski definition) is 3. The minimum Gasteiger partial charge on any atom is -0.506 e. The van der Waals surface area contributed by atoms with Crippen molar-refractivity contribution in [3.63, 3.8) is 0 Å². The Morgan fingerprint density at radius 1 is 0.646 bits per heavy atom. The van der Waals surface area contributed by atoms with Gasteiger partial charge in [-0.1, -0.05) is 51.1 Å². The van der Waals surface area contributed by atoms with Crippen LogP contribution in [0, 0.1) is 6.92 Å². The number of aromatic amines is 1. The molecule has 1 aliphatic rings. The minimum atomic E-state index is -0.188. The summed E-state index contributed by atoms with van der Waals surface area (Å²) < 4.78 is 0. The van der Waals surface area contributed by atoms with Crippen LogP contribution in [0.25, 0.3) is 39.6 Å². The molecule has 0 bridgehead atoms. The van der Waals surface area contributed by atoms with Crippen LogP contribution in [-0.2, 0) is 5.41 Å². The van der Waals surface area contributed by atoms with Gasteiger partial charge in [-0.2, -0.15) is 0 Å². The zero-order valence-electron chi connectivity index (χ0n) is 27.1. The van der Waals surface area contributed by atoms with Gasteiger partial charge < -0.3 is 15.2 Å². The summed E-state index contributed by atoms with van der Waals surface area (Å²) in [6.45, 7) is 8.39. The van der Waals surface area contributed by atoms with Crippen molar-refractivity contribution in [2.75, 3.05) is 0 Å². The second-order valence-corrected chi connectivity index (χ2v) is 12.8. The highest BCUT2D eigenvalue weighted by atomic mass is 16.3. The molecule has 3 aromatic heterocycles. The predicted octanol–water partition coefficient (Wildman–Crippen LogP) is 8.43. The summed E-state index contributed by atoms with van der Waals surface area (Å²) in [6, 6.07) is 25.3. The molecule has 0 radical (unpaired) electrons. The third-order valence-corrected chi connectivity index (χ3v) is 8.32. The van der Waals surface area contributed by atoms with E-state index in [2.05, 4.69) is 45.7 Å². The van der Waals surface area contributed by atoms with Crippen LogP contribution in [0.4, 0.5) is 0 Å². The van der Waals surface area contributed by atoms with E-state index in [1.54, 1.807) is 36.9 Å². The average Bonchev–Trinajstić information content (AvgIpc) is 3.78. The van der Waals surface area contributed by atoms with Crippen LogP contribution in [0.2, 0.25) is 0 Å². The first-order chi connectivity index (χ1) is 23.2. The number of allylic oxidation sites excluding steroid dienone is 2. The molecule has 0 fully saturated rings. The molecular formula is C40H34N6O2. The number of phenolic OH excluding ortho intramolecular Hbond substituents is 2. The van der Waals surface area contributed by atoms with Crippen molar-refractivity contribution in [2.45, 2.75) is 33.1 Å². The molecule has 0 amide bonds. The van der Waals surface area contributed by atoms with Gasteiger partial charge in [0.1, 0.15) is 11.5 Å². The van der Waals surface area contributed by atoms with E-state index in [1.807, 2.05) is 85.8 Å². The molecule has 6 aromatic rings. The number of rotatable bonds is 6. The second kappa shape index (κ2) is 12.2. The maximum absolute atomic E-state index is 11.6. The number of aromatic hydroxyl groups is 2. The Morgan fingerprint density at radius 3 is 1.88 bits per heavy atom.